The van der Waals surface area contributed by atoms with Gasteiger partial charge >= 0.3 is 5.97 Å². The summed E-state index contributed by atoms with van der Waals surface area (Å²) in [5.74, 6) is 0.398. The van der Waals surface area contributed by atoms with Gasteiger partial charge in [-0.25, -0.2) is 4.79 Å². The lowest BCUT2D eigenvalue weighted by atomic mass is 10.3. The van der Waals surface area contributed by atoms with Crippen molar-refractivity contribution in [3.05, 3.63) is 28.7 Å². The van der Waals surface area contributed by atoms with Crippen molar-refractivity contribution in [3.8, 4) is 5.75 Å². The summed E-state index contributed by atoms with van der Waals surface area (Å²) >= 11 is 3.35. The Morgan fingerprint density at radius 3 is 2.73 bits per heavy atom. The number of carbonyl (C=O) groups is 1. The summed E-state index contributed by atoms with van der Waals surface area (Å²) in [5.41, 5.74) is -0.727. The van der Waals surface area contributed by atoms with Crippen LogP contribution in [0.3, 0.4) is 0 Å². The molecule has 1 aliphatic carbocycles. The highest BCUT2D eigenvalue weighted by molar-refractivity contribution is 9.10. The molecule has 1 aromatic rings. The molecule has 0 spiro atoms. The first-order valence-electron chi connectivity index (χ1n) is 4.69. The second-order valence-corrected chi connectivity index (χ2v) is 4.46. The minimum absolute atomic E-state index is 0.289. The molecule has 1 saturated carbocycles. The number of hydrogen-bond donors (Lipinski definition) is 0. The molecule has 15 heavy (non-hydrogen) atoms. The smallest absolute Gasteiger partial charge is 0.350 e. The quantitative estimate of drug-likeness (QED) is 0.792. The minimum Gasteiger partial charge on any atom is -0.476 e. The first-order valence-corrected chi connectivity index (χ1v) is 5.49. The first kappa shape index (κ1) is 10.5. The summed E-state index contributed by atoms with van der Waals surface area (Å²) in [6.07, 6.45) is 1.46. The Balaban J connectivity index is 2.12. The van der Waals surface area contributed by atoms with Crippen LogP contribution in [0, 0.1) is 0 Å². The van der Waals surface area contributed by atoms with Crippen molar-refractivity contribution in [1.29, 1.82) is 0 Å². The van der Waals surface area contributed by atoms with Crippen LogP contribution in [-0.2, 0) is 9.53 Å². The highest BCUT2D eigenvalue weighted by Gasteiger charge is 2.54. The minimum atomic E-state index is -0.727. The molecule has 0 heterocycles. The van der Waals surface area contributed by atoms with Crippen LogP contribution in [-0.4, -0.2) is 18.7 Å². The van der Waals surface area contributed by atoms with Gasteiger partial charge in [0.15, 0.2) is 0 Å². The average molecular weight is 271 g/mol. The fraction of sp³-hybridized carbons (Fsp3) is 0.364. The Kier molecular flexibility index (Phi) is 2.69. The van der Waals surface area contributed by atoms with E-state index in [1.165, 1.54) is 7.11 Å². The Bertz CT molecular complexity index is 385. The van der Waals surface area contributed by atoms with Crippen LogP contribution in [0.25, 0.3) is 0 Å². The topological polar surface area (TPSA) is 35.5 Å². The summed E-state index contributed by atoms with van der Waals surface area (Å²) in [5, 5.41) is 0. The molecule has 1 aromatic carbocycles. The van der Waals surface area contributed by atoms with Gasteiger partial charge < -0.3 is 9.47 Å². The Labute approximate surface area is 96.5 Å². The van der Waals surface area contributed by atoms with Gasteiger partial charge in [-0.15, -0.1) is 0 Å². The Hall–Kier alpha value is -1.03. The Morgan fingerprint density at radius 2 is 2.20 bits per heavy atom. The van der Waals surface area contributed by atoms with Crippen LogP contribution < -0.4 is 4.74 Å². The van der Waals surface area contributed by atoms with Crippen molar-refractivity contribution in [2.24, 2.45) is 0 Å². The van der Waals surface area contributed by atoms with Gasteiger partial charge in [0.25, 0.3) is 0 Å². The van der Waals surface area contributed by atoms with Gasteiger partial charge in [0.2, 0.25) is 5.60 Å². The molecule has 80 valence electrons. The van der Waals surface area contributed by atoms with E-state index in [4.69, 9.17) is 9.47 Å². The molecule has 0 unspecified atom stereocenters. The van der Waals surface area contributed by atoms with E-state index in [2.05, 4.69) is 15.9 Å². The van der Waals surface area contributed by atoms with E-state index < -0.39 is 5.60 Å². The molecule has 0 atom stereocenters. The van der Waals surface area contributed by atoms with E-state index in [9.17, 15) is 4.79 Å². The second kappa shape index (κ2) is 3.85. The van der Waals surface area contributed by atoms with Gasteiger partial charge in [-0.05, 0) is 18.2 Å². The van der Waals surface area contributed by atoms with Gasteiger partial charge in [0.05, 0.1) is 7.11 Å². The molecular weight excluding hydrogens is 260 g/mol. The number of carbonyl (C=O) groups excluding carboxylic acids is 1. The summed E-state index contributed by atoms with van der Waals surface area (Å²) in [6.45, 7) is 0. The monoisotopic (exact) mass is 270 g/mol. The lowest BCUT2D eigenvalue weighted by molar-refractivity contribution is -0.151. The van der Waals surface area contributed by atoms with E-state index in [-0.39, 0.29) is 5.97 Å². The summed E-state index contributed by atoms with van der Waals surface area (Å²) in [6, 6.07) is 7.44. The molecule has 0 bridgehead atoms. The number of ether oxygens (including phenoxy) is 2. The van der Waals surface area contributed by atoms with Crippen LogP contribution in [0.15, 0.2) is 28.7 Å². The number of methoxy groups -OCH3 is 1. The molecule has 0 aromatic heterocycles. The number of halogens is 1. The third kappa shape index (κ3) is 2.15. The van der Waals surface area contributed by atoms with E-state index in [0.29, 0.717) is 5.75 Å². The SMILES string of the molecule is COC(=O)C1(Oc2cccc(Br)c2)CC1. The average Bonchev–Trinajstić information content (AvgIpc) is 2.98. The maximum atomic E-state index is 11.4. The zero-order valence-electron chi connectivity index (χ0n) is 8.33. The highest BCUT2D eigenvalue weighted by Crippen LogP contribution is 2.41. The summed E-state index contributed by atoms with van der Waals surface area (Å²) in [7, 11) is 1.38. The van der Waals surface area contributed by atoms with Crippen LogP contribution >= 0.6 is 15.9 Å². The van der Waals surface area contributed by atoms with Gasteiger partial charge in [-0.3, -0.25) is 0 Å². The normalized spacial score (nSPS) is 16.9. The van der Waals surface area contributed by atoms with Crippen molar-refractivity contribution in [2.75, 3.05) is 7.11 Å². The molecule has 0 amide bonds. The third-order valence-electron chi connectivity index (χ3n) is 2.37. The van der Waals surface area contributed by atoms with Crippen molar-refractivity contribution < 1.29 is 14.3 Å². The maximum Gasteiger partial charge on any atom is 0.350 e. The van der Waals surface area contributed by atoms with E-state index in [0.717, 1.165) is 17.3 Å². The first-order chi connectivity index (χ1) is 7.16. The third-order valence-corrected chi connectivity index (χ3v) is 2.86. The van der Waals surface area contributed by atoms with Gasteiger partial charge in [0.1, 0.15) is 5.75 Å². The van der Waals surface area contributed by atoms with Crippen LogP contribution in [0.2, 0.25) is 0 Å². The number of benzene rings is 1. The summed E-state index contributed by atoms with van der Waals surface area (Å²) in [4.78, 5) is 11.4. The van der Waals surface area contributed by atoms with Crippen molar-refractivity contribution in [1.82, 2.24) is 0 Å². The van der Waals surface area contributed by atoms with Gasteiger partial charge in [0, 0.05) is 17.3 Å². The molecule has 1 aliphatic rings. The van der Waals surface area contributed by atoms with E-state index >= 15 is 0 Å². The molecule has 0 N–H and O–H groups in total. The second-order valence-electron chi connectivity index (χ2n) is 3.55. The number of hydrogen-bond acceptors (Lipinski definition) is 3. The Morgan fingerprint density at radius 1 is 1.47 bits per heavy atom. The molecule has 4 heteroatoms. The van der Waals surface area contributed by atoms with E-state index in [1.807, 2.05) is 24.3 Å². The van der Waals surface area contributed by atoms with Crippen LogP contribution in [0.1, 0.15) is 12.8 Å². The molecule has 0 aliphatic heterocycles. The maximum absolute atomic E-state index is 11.4. The number of esters is 1. The predicted molar refractivity (Wildman–Crippen MR) is 58.8 cm³/mol. The van der Waals surface area contributed by atoms with Crippen LogP contribution in [0.4, 0.5) is 0 Å². The zero-order chi connectivity index (χ0) is 10.9. The lowest BCUT2D eigenvalue weighted by Gasteiger charge is -2.15. The largest absolute Gasteiger partial charge is 0.476 e. The molecule has 2 rings (SSSR count). The summed E-state index contributed by atoms with van der Waals surface area (Å²) < 4.78 is 11.3. The van der Waals surface area contributed by atoms with Crippen molar-refractivity contribution in [3.63, 3.8) is 0 Å². The standard InChI is InChI=1S/C11H11BrO3/c1-14-10(13)11(5-6-11)15-9-4-2-3-8(12)7-9/h2-4,7H,5-6H2,1H3. The molecule has 0 radical (unpaired) electrons. The number of rotatable bonds is 3. The molecular formula is C11H11BrO3. The molecule has 0 saturated heterocycles. The fourth-order valence-corrected chi connectivity index (χ4v) is 1.78. The van der Waals surface area contributed by atoms with Crippen LogP contribution in [0.5, 0.6) is 5.75 Å². The van der Waals surface area contributed by atoms with Crippen molar-refractivity contribution >= 4 is 21.9 Å². The van der Waals surface area contributed by atoms with Gasteiger partial charge in [-0.1, -0.05) is 22.0 Å². The highest BCUT2D eigenvalue weighted by atomic mass is 79.9. The molecule has 3 nitrogen and oxygen atoms in total. The molecule has 1 fully saturated rings. The van der Waals surface area contributed by atoms with E-state index in [1.54, 1.807) is 0 Å². The predicted octanol–water partition coefficient (Wildman–Crippen LogP) is 2.53. The lowest BCUT2D eigenvalue weighted by Crippen LogP contribution is -2.30. The fourth-order valence-electron chi connectivity index (χ4n) is 1.40. The van der Waals surface area contributed by atoms with Crippen molar-refractivity contribution in [2.45, 2.75) is 18.4 Å². The zero-order valence-corrected chi connectivity index (χ0v) is 9.91. The van der Waals surface area contributed by atoms with Gasteiger partial charge in [-0.2, -0.15) is 0 Å².